The maximum absolute atomic E-state index is 12.2. The van der Waals surface area contributed by atoms with Crippen LogP contribution in [0.1, 0.15) is 120 Å². The summed E-state index contributed by atoms with van der Waals surface area (Å²) in [5.74, 6) is 0.282. The van der Waals surface area contributed by atoms with Crippen LogP contribution < -0.4 is 0 Å². The van der Waals surface area contributed by atoms with Crippen molar-refractivity contribution in [1.82, 2.24) is 0 Å². The van der Waals surface area contributed by atoms with Gasteiger partial charge in [0.05, 0.1) is 36.6 Å². The van der Waals surface area contributed by atoms with E-state index in [-0.39, 0.29) is 39.9 Å². The van der Waals surface area contributed by atoms with Gasteiger partial charge in [-0.25, -0.2) is 0 Å². The summed E-state index contributed by atoms with van der Waals surface area (Å²) in [5.41, 5.74) is -2.65. The van der Waals surface area contributed by atoms with E-state index in [1.165, 1.54) is 0 Å². The van der Waals surface area contributed by atoms with Crippen LogP contribution in [0.2, 0.25) is 0 Å². The Hall–Kier alpha value is -0.560. The van der Waals surface area contributed by atoms with E-state index in [2.05, 4.69) is 34.6 Å². The Morgan fingerprint density at radius 1 is 0.643 bits per heavy atom. The summed E-state index contributed by atoms with van der Waals surface area (Å²) in [7, 11) is 0. The minimum absolute atomic E-state index is 0.0425. The lowest BCUT2D eigenvalue weighted by Gasteiger charge is -2.70. The predicted molar refractivity (Wildman–Crippen MR) is 202 cm³/mol. The molecule has 0 amide bonds. The van der Waals surface area contributed by atoms with Crippen LogP contribution in [0.25, 0.3) is 0 Å². The van der Waals surface area contributed by atoms with Crippen LogP contribution in [0.3, 0.4) is 0 Å². The van der Waals surface area contributed by atoms with Gasteiger partial charge in [-0.15, -0.1) is 0 Å². The minimum atomic E-state index is -1.76. The summed E-state index contributed by atoms with van der Waals surface area (Å²) < 4.78 is 24.3. The summed E-state index contributed by atoms with van der Waals surface area (Å²) in [6, 6.07) is 0. The lowest BCUT2D eigenvalue weighted by Crippen LogP contribution is -2.68. The zero-order valence-corrected chi connectivity index (χ0v) is 34.8. The third kappa shape index (κ3) is 7.45. The van der Waals surface area contributed by atoms with Crippen LogP contribution in [-0.4, -0.2) is 149 Å². The normalized spacial score (nSPS) is 51.8. The molecule has 4 saturated carbocycles. The average Bonchev–Trinajstić information content (AvgIpc) is 3.50. The highest BCUT2D eigenvalue weighted by molar-refractivity contribution is 5.20. The van der Waals surface area contributed by atoms with Gasteiger partial charge in [-0.3, -0.25) is 0 Å². The van der Waals surface area contributed by atoms with E-state index in [1.807, 2.05) is 6.92 Å². The van der Waals surface area contributed by atoms with E-state index >= 15 is 0 Å². The van der Waals surface area contributed by atoms with E-state index in [0.29, 0.717) is 32.1 Å². The number of hydrogen-bond acceptors (Lipinski definition) is 14. The molecule has 4 aliphatic carbocycles. The van der Waals surface area contributed by atoms with Crippen LogP contribution in [-0.2, 0) is 18.9 Å². The van der Waals surface area contributed by atoms with Crippen LogP contribution >= 0.6 is 0 Å². The Morgan fingerprint density at radius 3 is 1.84 bits per heavy atom. The topological polar surface area (TPSA) is 239 Å². The molecule has 0 aromatic carbocycles. The highest BCUT2D eigenvalue weighted by Gasteiger charge is 2.71. The smallest absolute Gasteiger partial charge is 0.187 e. The maximum Gasteiger partial charge on any atom is 0.187 e. The van der Waals surface area contributed by atoms with E-state index in [1.54, 1.807) is 13.8 Å². The van der Waals surface area contributed by atoms with Crippen molar-refractivity contribution in [2.75, 3.05) is 13.2 Å². The Kier molecular flexibility index (Phi) is 12.6. The van der Waals surface area contributed by atoms with Crippen LogP contribution in [0, 0.1) is 45.3 Å². The first-order chi connectivity index (χ1) is 25.9. The Balaban J connectivity index is 1.22. The number of ether oxygens (including phenoxy) is 4. The van der Waals surface area contributed by atoms with E-state index in [4.69, 9.17) is 18.9 Å². The molecule has 2 heterocycles. The van der Waals surface area contributed by atoms with Gasteiger partial charge in [-0.05, 0) is 130 Å². The average molecular weight is 803 g/mol. The van der Waals surface area contributed by atoms with Gasteiger partial charge in [-0.1, -0.05) is 34.6 Å². The first-order valence-electron chi connectivity index (χ1n) is 21.2. The van der Waals surface area contributed by atoms with Gasteiger partial charge in [0, 0.05) is 0 Å². The van der Waals surface area contributed by atoms with Gasteiger partial charge in [0.1, 0.15) is 48.8 Å². The molecule has 20 atom stereocenters. The van der Waals surface area contributed by atoms with Crippen molar-refractivity contribution in [2.45, 2.75) is 204 Å². The molecule has 10 N–H and O–H groups in total. The number of fused-ring (bicyclic) bond motifs is 5. The highest BCUT2D eigenvalue weighted by Crippen LogP contribution is 2.76. The summed E-state index contributed by atoms with van der Waals surface area (Å²) in [5, 5.41) is 108. The SMILES string of the molecule is CC(C)(O)CCC[C@](C)(O)[C@H]1CC[C@]2(C)[C@@H]1[C@H](O)C[C@@H]1[C@@]3(C)CC[C@H](O[C@@H]4O[C@H](CO)[C@@H](O)[C@H](O)[C@H]4O[C@@H]4O[C@H](CO)[C@@H](O)[C@H](O)[C@H]4O)C(C)(C)[C@@H]3CC[C@]12C. The fourth-order valence-corrected chi connectivity index (χ4v) is 13.5. The fraction of sp³-hybridized carbons (Fsp3) is 1.00. The maximum atomic E-state index is 12.2. The highest BCUT2D eigenvalue weighted by atomic mass is 16.8. The molecule has 0 radical (unpaired) electrons. The van der Waals surface area contributed by atoms with E-state index in [9.17, 15) is 51.1 Å². The van der Waals surface area contributed by atoms with Gasteiger partial charge in [0.2, 0.25) is 0 Å². The van der Waals surface area contributed by atoms with Crippen LogP contribution in [0.5, 0.6) is 0 Å². The number of aliphatic hydroxyl groups is 10. The van der Waals surface area contributed by atoms with Gasteiger partial charge < -0.3 is 70.0 Å². The molecule has 6 rings (SSSR count). The molecule has 0 unspecified atom stereocenters. The molecule has 6 fully saturated rings. The first-order valence-corrected chi connectivity index (χ1v) is 21.2. The minimum Gasteiger partial charge on any atom is -0.394 e. The van der Waals surface area contributed by atoms with Crippen molar-refractivity contribution in [3.63, 3.8) is 0 Å². The lowest BCUT2D eigenvalue weighted by molar-refractivity contribution is -0.378. The van der Waals surface area contributed by atoms with Gasteiger partial charge in [0.15, 0.2) is 12.6 Å². The molecule has 14 nitrogen and oxygen atoms in total. The standard InChI is InChI=1S/C42H74O14/c1-37(2,51)13-9-14-42(8,52)21-10-16-41(7)28(21)22(45)18-26-39(5)15-12-27(38(3,4)25(39)11-17-40(26,41)6)55-36-34(32(49)30(47)24(20-44)54-36)56-35-33(50)31(48)29(46)23(19-43)53-35/h21-36,43-52H,9-20H2,1-8H3/t21-,22+,23+,24+,25-,26+,27-,28-,29+,30+,31-,32-,33+,34+,35-,36-,39-,40+,41+,42-/m0/s1. The van der Waals surface area contributed by atoms with E-state index < -0.39 is 103 Å². The Bertz CT molecular complexity index is 1350. The van der Waals surface area contributed by atoms with Crippen molar-refractivity contribution < 1.29 is 70.0 Å². The zero-order chi connectivity index (χ0) is 41.6. The molecule has 2 aliphatic heterocycles. The molecule has 2 saturated heterocycles. The third-order valence-corrected chi connectivity index (χ3v) is 16.9. The Labute approximate surface area is 332 Å². The molecular formula is C42H74O14. The molecule has 326 valence electrons. The summed E-state index contributed by atoms with van der Waals surface area (Å²) >= 11 is 0. The van der Waals surface area contributed by atoms with Crippen molar-refractivity contribution in [3.8, 4) is 0 Å². The Morgan fingerprint density at radius 2 is 1.23 bits per heavy atom. The second-order valence-electron chi connectivity index (χ2n) is 21.0. The largest absolute Gasteiger partial charge is 0.394 e. The molecule has 0 aromatic rings. The second-order valence-corrected chi connectivity index (χ2v) is 21.0. The fourth-order valence-electron chi connectivity index (χ4n) is 13.5. The van der Waals surface area contributed by atoms with Crippen molar-refractivity contribution in [3.05, 3.63) is 0 Å². The lowest BCUT2D eigenvalue weighted by atomic mass is 9.35. The quantitative estimate of drug-likeness (QED) is 0.133. The van der Waals surface area contributed by atoms with Gasteiger partial charge >= 0.3 is 0 Å². The second kappa shape index (κ2) is 15.7. The molecule has 0 bridgehead atoms. The van der Waals surface area contributed by atoms with E-state index in [0.717, 1.165) is 32.1 Å². The van der Waals surface area contributed by atoms with Crippen LogP contribution in [0.15, 0.2) is 0 Å². The summed E-state index contributed by atoms with van der Waals surface area (Å²) in [6.45, 7) is 15.7. The predicted octanol–water partition coefficient (Wildman–Crippen LogP) is 1.34. The zero-order valence-electron chi connectivity index (χ0n) is 34.8. The summed E-state index contributed by atoms with van der Waals surface area (Å²) in [6.07, 6.45) is -8.63. The first kappa shape index (κ1) is 45.0. The molecule has 0 spiro atoms. The summed E-state index contributed by atoms with van der Waals surface area (Å²) in [4.78, 5) is 0. The van der Waals surface area contributed by atoms with Crippen LogP contribution in [0.4, 0.5) is 0 Å². The molecule has 14 heteroatoms. The molecule has 6 aliphatic rings. The monoisotopic (exact) mass is 803 g/mol. The van der Waals surface area contributed by atoms with Crippen molar-refractivity contribution >= 4 is 0 Å². The molecule has 56 heavy (non-hydrogen) atoms. The molecular weight excluding hydrogens is 728 g/mol. The number of aliphatic hydroxyl groups excluding tert-OH is 8. The molecule has 0 aromatic heterocycles. The van der Waals surface area contributed by atoms with Crippen molar-refractivity contribution in [1.29, 1.82) is 0 Å². The number of rotatable bonds is 11. The number of hydrogen-bond donors (Lipinski definition) is 10. The van der Waals surface area contributed by atoms with Crippen molar-refractivity contribution in [2.24, 2.45) is 45.3 Å². The van der Waals surface area contributed by atoms with Gasteiger partial charge in [-0.2, -0.15) is 0 Å². The van der Waals surface area contributed by atoms with Gasteiger partial charge in [0.25, 0.3) is 0 Å². The third-order valence-electron chi connectivity index (χ3n) is 16.9.